The molecule has 144 valence electrons. The molecule has 2 heterocycles. The number of ether oxygens (including phenoxy) is 1. The second-order valence-electron chi connectivity index (χ2n) is 6.97. The van der Waals surface area contributed by atoms with Crippen molar-refractivity contribution in [3.05, 3.63) is 35.2 Å². The first-order valence-electron chi connectivity index (χ1n) is 9.30. The molecular formula is C20H26N4O3. The molecule has 3 rings (SSSR count). The van der Waals surface area contributed by atoms with Gasteiger partial charge < -0.3 is 15.0 Å². The molecule has 1 aliphatic rings. The molecule has 0 spiro atoms. The van der Waals surface area contributed by atoms with Crippen molar-refractivity contribution >= 4 is 22.8 Å². The number of carbonyl (C=O) groups excluding carboxylic acids is 2. The van der Waals surface area contributed by atoms with Crippen LogP contribution in [0.25, 0.3) is 11.0 Å². The lowest BCUT2D eigenvalue weighted by molar-refractivity contribution is -0.122. The Kier molecular flexibility index (Phi) is 6.01. The molecular weight excluding hydrogens is 344 g/mol. The Hall–Kier alpha value is -2.54. The molecule has 2 aromatic rings. The first-order chi connectivity index (χ1) is 13.0. The Labute approximate surface area is 159 Å². The van der Waals surface area contributed by atoms with Crippen molar-refractivity contribution in [3.8, 4) is 0 Å². The van der Waals surface area contributed by atoms with E-state index in [1.54, 1.807) is 7.11 Å². The van der Waals surface area contributed by atoms with E-state index in [0.717, 1.165) is 35.3 Å². The van der Waals surface area contributed by atoms with Gasteiger partial charge in [-0.2, -0.15) is 0 Å². The minimum atomic E-state index is 0.000364. The number of amides is 2. The van der Waals surface area contributed by atoms with Crippen molar-refractivity contribution in [2.75, 3.05) is 26.8 Å². The van der Waals surface area contributed by atoms with E-state index in [9.17, 15) is 9.59 Å². The average molecular weight is 370 g/mol. The van der Waals surface area contributed by atoms with Gasteiger partial charge in [0.1, 0.15) is 0 Å². The molecule has 27 heavy (non-hydrogen) atoms. The molecule has 7 heteroatoms. The highest BCUT2D eigenvalue weighted by atomic mass is 16.5. The molecule has 7 nitrogen and oxygen atoms in total. The quantitative estimate of drug-likeness (QED) is 0.870. The van der Waals surface area contributed by atoms with E-state index < -0.39 is 0 Å². The predicted molar refractivity (Wildman–Crippen MR) is 103 cm³/mol. The second kappa shape index (κ2) is 8.43. The van der Waals surface area contributed by atoms with Crippen molar-refractivity contribution in [2.24, 2.45) is 0 Å². The van der Waals surface area contributed by atoms with Gasteiger partial charge >= 0.3 is 0 Å². The summed E-state index contributed by atoms with van der Waals surface area (Å²) >= 11 is 0. The van der Waals surface area contributed by atoms with Gasteiger partial charge in [0.2, 0.25) is 5.91 Å². The van der Waals surface area contributed by atoms with Crippen LogP contribution in [-0.4, -0.2) is 59.5 Å². The van der Waals surface area contributed by atoms with Crippen LogP contribution >= 0.6 is 0 Å². The number of piperidine rings is 1. The standard InChI is InChI=1S/C20H26N4O3/c1-13-14(2)22-18-12-15(4-5-17(18)21-13)20(26)24-9-6-16(7-10-24)23-19(25)8-11-27-3/h4-5,12,16H,6-11H2,1-3H3,(H,23,25). The second-order valence-corrected chi connectivity index (χ2v) is 6.97. The summed E-state index contributed by atoms with van der Waals surface area (Å²) < 4.78 is 4.92. The van der Waals surface area contributed by atoms with Crippen LogP contribution in [0, 0.1) is 13.8 Å². The van der Waals surface area contributed by atoms with E-state index in [0.29, 0.717) is 31.7 Å². The zero-order valence-electron chi connectivity index (χ0n) is 16.1. The third-order valence-electron chi connectivity index (χ3n) is 5.00. The highest BCUT2D eigenvalue weighted by Gasteiger charge is 2.24. The third-order valence-corrected chi connectivity index (χ3v) is 5.00. The van der Waals surface area contributed by atoms with Gasteiger partial charge in [0.15, 0.2) is 0 Å². The molecule has 0 saturated carbocycles. The first-order valence-corrected chi connectivity index (χ1v) is 9.30. The molecule has 1 aliphatic heterocycles. The molecule has 0 aliphatic carbocycles. The van der Waals surface area contributed by atoms with Crippen molar-refractivity contribution in [1.29, 1.82) is 0 Å². The number of methoxy groups -OCH3 is 1. The zero-order chi connectivity index (χ0) is 19.4. The number of likely N-dealkylation sites (tertiary alicyclic amines) is 1. The topological polar surface area (TPSA) is 84.4 Å². The molecule has 0 atom stereocenters. The van der Waals surface area contributed by atoms with E-state index in [2.05, 4.69) is 15.3 Å². The molecule has 1 aromatic heterocycles. The molecule has 1 saturated heterocycles. The molecule has 1 aromatic carbocycles. The van der Waals surface area contributed by atoms with Crippen molar-refractivity contribution in [3.63, 3.8) is 0 Å². The Morgan fingerprint density at radius 2 is 1.81 bits per heavy atom. The van der Waals surface area contributed by atoms with E-state index in [4.69, 9.17) is 4.74 Å². The summed E-state index contributed by atoms with van der Waals surface area (Å²) in [4.78, 5) is 35.5. The third kappa shape index (κ3) is 4.60. The van der Waals surface area contributed by atoms with Gasteiger partial charge in [-0.05, 0) is 44.9 Å². The van der Waals surface area contributed by atoms with E-state index in [-0.39, 0.29) is 17.9 Å². The number of benzene rings is 1. The van der Waals surface area contributed by atoms with Gasteiger partial charge in [0.25, 0.3) is 5.91 Å². The van der Waals surface area contributed by atoms with Crippen molar-refractivity contribution in [2.45, 2.75) is 39.2 Å². The number of aromatic nitrogens is 2. The van der Waals surface area contributed by atoms with E-state index in [1.165, 1.54) is 0 Å². The van der Waals surface area contributed by atoms with Gasteiger partial charge in [-0.3, -0.25) is 9.59 Å². The molecule has 0 unspecified atom stereocenters. The van der Waals surface area contributed by atoms with Crippen molar-refractivity contribution in [1.82, 2.24) is 20.2 Å². The number of hydrogen-bond acceptors (Lipinski definition) is 5. The fraction of sp³-hybridized carbons (Fsp3) is 0.500. The predicted octanol–water partition coefficient (Wildman–Crippen LogP) is 2.00. The molecule has 2 amide bonds. The van der Waals surface area contributed by atoms with E-state index >= 15 is 0 Å². The smallest absolute Gasteiger partial charge is 0.253 e. The van der Waals surface area contributed by atoms with Gasteiger partial charge in [-0.25, -0.2) is 9.97 Å². The van der Waals surface area contributed by atoms with Crippen LogP contribution in [0.1, 0.15) is 41.0 Å². The van der Waals surface area contributed by atoms with E-state index in [1.807, 2.05) is 36.9 Å². The minimum Gasteiger partial charge on any atom is -0.384 e. The highest BCUT2D eigenvalue weighted by Crippen LogP contribution is 2.18. The first kappa shape index (κ1) is 19.2. The maximum absolute atomic E-state index is 12.8. The van der Waals surface area contributed by atoms with Gasteiger partial charge in [0.05, 0.1) is 29.0 Å². The van der Waals surface area contributed by atoms with Crippen LogP contribution in [0.2, 0.25) is 0 Å². The van der Waals surface area contributed by atoms with Crippen molar-refractivity contribution < 1.29 is 14.3 Å². The Bertz CT molecular complexity index is 844. The number of carbonyl (C=O) groups is 2. The fourth-order valence-electron chi connectivity index (χ4n) is 3.27. The maximum atomic E-state index is 12.8. The summed E-state index contributed by atoms with van der Waals surface area (Å²) in [5, 5.41) is 3.01. The number of nitrogens with one attached hydrogen (secondary N) is 1. The maximum Gasteiger partial charge on any atom is 0.253 e. The van der Waals surface area contributed by atoms with Crippen LogP contribution in [0.3, 0.4) is 0 Å². The molecule has 0 bridgehead atoms. The lowest BCUT2D eigenvalue weighted by Crippen LogP contribution is -2.46. The monoisotopic (exact) mass is 370 g/mol. The molecule has 0 radical (unpaired) electrons. The number of aryl methyl sites for hydroxylation is 2. The van der Waals surface area contributed by atoms with Gasteiger partial charge in [-0.15, -0.1) is 0 Å². The van der Waals surface area contributed by atoms with Crippen LogP contribution in [0.15, 0.2) is 18.2 Å². The Morgan fingerprint density at radius 1 is 1.15 bits per heavy atom. The minimum absolute atomic E-state index is 0.000364. The average Bonchev–Trinajstić information content (AvgIpc) is 2.67. The number of rotatable bonds is 5. The summed E-state index contributed by atoms with van der Waals surface area (Å²) in [5.41, 5.74) is 3.94. The Balaban J connectivity index is 1.61. The van der Waals surface area contributed by atoms with Crippen LogP contribution in [0.5, 0.6) is 0 Å². The van der Waals surface area contributed by atoms with Gasteiger partial charge in [0, 0.05) is 38.2 Å². The summed E-state index contributed by atoms with van der Waals surface area (Å²) in [6, 6.07) is 5.60. The summed E-state index contributed by atoms with van der Waals surface area (Å²) in [6.07, 6.45) is 1.89. The summed E-state index contributed by atoms with van der Waals surface area (Å²) in [5.74, 6) is 0.00137. The zero-order valence-corrected chi connectivity index (χ0v) is 16.1. The molecule has 1 fully saturated rings. The number of nitrogens with zero attached hydrogens (tertiary/aromatic N) is 3. The lowest BCUT2D eigenvalue weighted by atomic mass is 10.0. The summed E-state index contributed by atoms with van der Waals surface area (Å²) in [7, 11) is 1.58. The highest BCUT2D eigenvalue weighted by molar-refractivity contribution is 5.97. The summed E-state index contributed by atoms with van der Waals surface area (Å²) in [6.45, 7) is 5.53. The fourth-order valence-corrected chi connectivity index (χ4v) is 3.27. The van der Waals surface area contributed by atoms with Crippen LogP contribution in [-0.2, 0) is 9.53 Å². The number of fused-ring (bicyclic) bond motifs is 1. The molecule has 1 N–H and O–H groups in total. The van der Waals surface area contributed by atoms with Crippen LogP contribution < -0.4 is 5.32 Å². The normalized spacial score (nSPS) is 15.1. The Morgan fingerprint density at radius 3 is 2.48 bits per heavy atom. The SMILES string of the molecule is COCCC(=O)NC1CCN(C(=O)c2ccc3nc(C)c(C)nc3c2)CC1. The van der Waals surface area contributed by atoms with Gasteiger partial charge in [-0.1, -0.05) is 0 Å². The number of hydrogen-bond donors (Lipinski definition) is 1. The largest absolute Gasteiger partial charge is 0.384 e. The lowest BCUT2D eigenvalue weighted by Gasteiger charge is -2.32. The van der Waals surface area contributed by atoms with Crippen LogP contribution in [0.4, 0.5) is 0 Å².